The Morgan fingerprint density at radius 1 is 1.44 bits per heavy atom. The third-order valence-electron chi connectivity index (χ3n) is 2.57. The third-order valence-corrected chi connectivity index (χ3v) is 3.56. The van der Waals surface area contributed by atoms with Crippen LogP contribution in [0.1, 0.15) is 5.56 Å². The molecule has 18 heavy (non-hydrogen) atoms. The molecule has 98 valence electrons. The van der Waals surface area contributed by atoms with Crippen LogP contribution in [0.3, 0.4) is 0 Å². The van der Waals surface area contributed by atoms with Gasteiger partial charge in [0.2, 0.25) is 0 Å². The number of aliphatic hydroxyl groups is 1. The maximum atomic E-state index is 10.2. The lowest BCUT2D eigenvalue weighted by Crippen LogP contribution is -2.45. The molecule has 0 aliphatic carbocycles. The predicted molar refractivity (Wildman–Crippen MR) is 76.4 cm³/mol. The minimum Gasteiger partial charge on any atom is -0.373 e. The fourth-order valence-corrected chi connectivity index (χ4v) is 2.40. The third kappa shape index (κ3) is 3.46. The highest BCUT2D eigenvalue weighted by molar-refractivity contribution is 7.80. The monoisotopic (exact) mass is 305 g/mol. The van der Waals surface area contributed by atoms with Gasteiger partial charge in [-0.2, -0.15) is 0 Å². The molecule has 0 aromatic heterocycles. The number of thiocarbonyl (C=S) groups is 1. The summed E-state index contributed by atoms with van der Waals surface area (Å²) < 4.78 is 0. The van der Waals surface area contributed by atoms with Crippen LogP contribution < -0.4 is 10.7 Å². The summed E-state index contributed by atoms with van der Waals surface area (Å²) in [6.07, 6.45) is 0.245. The molecule has 0 spiro atoms. The van der Waals surface area contributed by atoms with Gasteiger partial charge in [0.05, 0.1) is 13.2 Å². The first-order valence-corrected chi connectivity index (χ1v) is 6.58. The predicted octanol–water partition coefficient (Wildman–Crippen LogP) is 1.46. The fourth-order valence-electron chi connectivity index (χ4n) is 1.74. The Kier molecular flexibility index (Phi) is 4.29. The number of nitrogens with zero attached hydrogens (tertiary/aromatic N) is 1. The van der Waals surface area contributed by atoms with Crippen LogP contribution in [-0.4, -0.2) is 33.5 Å². The van der Waals surface area contributed by atoms with Gasteiger partial charge in [0.15, 0.2) is 10.2 Å². The van der Waals surface area contributed by atoms with Crippen LogP contribution in [-0.2, 0) is 6.42 Å². The Morgan fingerprint density at radius 3 is 2.78 bits per heavy atom. The van der Waals surface area contributed by atoms with Gasteiger partial charge in [-0.15, -0.1) is 0 Å². The van der Waals surface area contributed by atoms with E-state index in [-0.39, 0.29) is 13.0 Å². The topological polar surface area (TPSA) is 47.5 Å². The van der Waals surface area contributed by atoms with Crippen LogP contribution in [0.25, 0.3) is 0 Å². The zero-order valence-electron chi connectivity index (χ0n) is 9.49. The van der Waals surface area contributed by atoms with Gasteiger partial charge in [0, 0.05) is 11.4 Å². The molecule has 1 aromatic rings. The van der Waals surface area contributed by atoms with Crippen molar-refractivity contribution in [1.29, 1.82) is 0 Å². The first kappa shape index (κ1) is 13.8. The molecule has 1 fully saturated rings. The smallest absolute Gasteiger partial charge is 0.184 e. The van der Waals surface area contributed by atoms with E-state index in [1.165, 1.54) is 0 Å². The lowest BCUT2D eigenvalue weighted by Gasteiger charge is -2.27. The van der Waals surface area contributed by atoms with Crippen molar-refractivity contribution in [3.05, 3.63) is 34.9 Å². The highest BCUT2D eigenvalue weighted by atomic mass is 35.5. The molecule has 7 heteroatoms. The van der Waals surface area contributed by atoms with E-state index in [9.17, 15) is 5.11 Å². The van der Waals surface area contributed by atoms with E-state index in [0.29, 0.717) is 16.8 Å². The van der Waals surface area contributed by atoms with E-state index in [4.69, 9.17) is 35.4 Å². The summed E-state index contributed by atoms with van der Waals surface area (Å²) in [6.45, 7) is 0.712. The van der Waals surface area contributed by atoms with E-state index < -0.39 is 5.06 Å². The van der Waals surface area contributed by atoms with Crippen molar-refractivity contribution >= 4 is 40.5 Å². The number of alkyl halides is 1. The number of hydrogen-bond acceptors (Lipinski definition) is 3. The van der Waals surface area contributed by atoms with Crippen LogP contribution in [0.4, 0.5) is 0 Å². The van der Waals surface area contributed by atoms with Crippen LogP contribution in [0.15, 0.2) is 24.3 Å². The summed E-state index contributed by atoms with van der Waals surface area (Å²) in [5.74, 6) is 0. The zero-order valence-corrected chi connectivity index (χ0v) is 11.8. The van der Waals surface area contributed by atoms with Crippen molar-refractivity contribution in [2.45, 2.75) is 11.5 Å². The highest BCUT2D eigenvalue weighted by Gasteiger charge is 2.30. The molecule has 0 bridgehead atoms. The molecule has 1 unspecified atom stereocenters. The van der Waals surface area contributed by atoms with Crippen molar-refractivity contribution in [3.8, 4) is 0 Å². The molecule has 0 radical (unpaired) electrons. The molecule has 1 heterocycles. The van der Waals surface area contributed by atoms with Crippen LogP contribution >= 0.6 is 35.4 Å². The highest BCUT2D eigenvalue weighted by Crippen LogP contribution is 2.24. The van der Waals surface area contributed by atoms with Gasteiger partial charge in [0.25, 0.3) is 0 Å². The molecule has 4 nitrogen and oxygen atoms in total. The van der Waals surface area contributed by atoms with Crippen molar-refractivity contribution in [2.24, 2.45) is 0 Å². The normalized spacial score (nSPS) is 18.6. The zero-order chi connectivity index (χ0) is 13.2. The Bertz CT molecular complexity index is 456. The van der Waals surface area contributed by atoms with Crippen LogP contribution in [0.2, 0.25) is 5.02 Å². The average molecular weight is 306 g/mol. The summed E-state index contributed by atoms with van der Waals surface area (Å²) in [5, 5.41) is 14.4. The second kappa shape index (κ2) is 5.59. The molecule has 3 N–H and O–H groups in total. The number of nitrogens with one attached hydrogen (secondary N) is 2. The van der Waals surface area contributed by atoms with Crippen molar-refractivity contribution < 1.29 is 5.11 Å². The summed E-state index contributed by atoms with van der Waals surface area (Å²) >= 11 is 17.2. The maximum absolute atomic E-state index is 10.2. The second-order valence-corrected chi connectivity index (χ2v) is 5.59. The van der Waals surface area contributed by atoms with Gasteiger partial charge in [-0.25, -0.2) is 5.43 Å². The van der Waals surface area contributed by atoms with Gasteiger partial charge >= 0.3 is 0 Å². The molecule has 1 saturated heterocycles. The van der Waals surface area contributed by atoms with Crippen LogP contribution in [0, 0.1) is 0 Å². The van der Waals surface area contributed by atoms with Crippen molar-refractivity contribution in [2.75, 3.05) is 13.2 Å². The summed E-state index contributed by atoms with van der Waals surface area (Å²) in [5.41, 5.74) is 3.77. The first-order valence-electron chi connectivity index (χ1n) is 5.41. The average Bonchev–Trinajstić information content (AvgIpc) is 2.67. The first-order chi connectivity index (χ1) is 8.48. The van der Waals surface area contributed by atoms with E-state index in [1.54, 1.807) is 11.1 Å². The summed E-state index contributed by atoms with van der Waals surface area (Å²) in [7, 11) is 0. The van der Waals surface area contributed by atoms with E-state index >= 15 is 0 Å². The van der Waals surface area contributed by atoms with Crippen LogP contribution in [0.5, 0.6) is 0 Å². The maximum Gasteiger partial charge on any atom is 0.184 e. The number of hydrazine groups is 1. The Labute approximate surface area is 121 Å². The van der Waals surface area contributed by atoms with Crippen molar-refractivity contribution in [3.63, 3.8) is 0 Å². The molecular weight excluding hydrogens is 293 g/mol. The number of hydrogen-bond donors (Lipinski definition) is 3. The Morgan fingerprint density at radius 2 is 2.17 bits per heavy atom. The molecule has 1 aliphatic heterocycles. The molecule has 0 amide bonds. The van der Waals surface area contributed by atoms with Gasteiger partial charge in [-0.3, -0.25) is 5.01 Å². The van der Waals surface area contributed by atoms with Gasteiger partial charge in [0.1, 0.15) is 0 Å². The number of β-amino-alcohol motifs (C(OH)–C–C–N with tert-alkyl or cyclic N) is 1. The molecule has 1 atom stereocenters. The number of halogens is 2. The van der Waals surface area contributed by atoms with Gasteiger partial charge in [-0.1, -0.05) is 41.4 Å². The molecule has 1 aliphatic rings. The van der Waals surface area contributed by atoms with Crippen molar-refractivity contribution in [1.82, 2.24) is 15.8 Å². The van der Waals surface area contributed by atoms with E-state index in [0.717, 1.165) is 5.56 Å². The lowest BCUT2D eigenvalue weighted by atomic mass is 10.1. The Hall–Kier alpha value is -0.590. The lowest BCUT2D eigenvalue weighted by molar-refractivity contribution is 0.0915. The number of benzene rings is 1. The second-order valence-electron chi connectivity index (χ2n) is 4.09. The summed E-state index contributed by atoms with van der Waals surface area (Å²) in [4.78, 5) is 0. The van der Waals surface area contributed by atoms with Gasteiger partial charge in [-0.05, 0) is 23.8 Å². The SMILES string of the molecule is OC(Cl)(Cc1ccccc1Cl)CN1NCNC1=S. The molecule has 0 saturated carbocycles. The minimum atomic E-state index is -1.44. The fraction of sp³-hybridized carbons (Fsp3) is 0.364. The minimum absolute atomic E-state index is 0.172. The van der Waals surface area contributed by atoms with E-state index in [1.807, 2.05) is 18.2 Å². The molecule has 2 rings (SSSR count). The standard InChI is InChI=1S/C11H13Cl2N3OS/c12-9-4-2-1-3-8(9)5-11(13,17)6-16-10(18)14-7-15-16/h1-4,15,17H,5-7H2,(H,14,18). The Balaban J connectivity index is 2.03. The van der Waals surface area contributed by atoms with E-state index in [2.05, 4.69) is 10.7 Å². The largest absolute Gasteiger partial charge is 0.373 e. The quantitative estimate of drug-likeness (QED) is 0.581. The number of rotatable bonds is 4. The summed E-state index contributed by atoms with van der Waals surface area (Å²) in [6, 6.07) is 7.29. The molecular formula is C11H13Cl2N3OS. The molecule has 1 aromatic carbocycles. The van der Waals surface area contributed by atoms with Gasteiger partial charge < -0.3 is 10.4 Å².